The Morgan fingerprint density at radius 2 is 1.71 bits per heavy atom. The van der Waals surface area contributed by atoms with Gasteiger partial charge in [-0.05, 0) is 79.7 Å². The largest absolute Gasteiger partial charge is 0.496 e. The van der Waals surface area contributed by atoms with E-state index in [2.05, 4.69) is 53.3 Å². The molecule has 0 saturated carbocycles. The van der Waals surface area contributed by atoms with Gasteiger partial charge >= 0.3 is 0 Å². The van der Waals surface area contributed by atoms with Crippen molar-refractivity contribution in [3.63, 3.8) is 0 Å². The van der Waals surface area contributed by atoms with Crippen molar-refractivity contribution in [3.05, 3.63) is 94.6 Å². The third-order valence-electron chi connectivity index (χ3n) is 7.44. The average molecular weight is 570 g/mol. The van der Waals surface area contributed by atoms with Gasteiger partial charge in [-0.2, -0.15) is 5.26 Å². The predicted molar refractivity (Wildman–Crippen MR) is 174 cm³/mol. The Morgan fingerprint density at radius 3 is 2.26 bits per heavy atom. The fourth-order valence-electron chi connectivity index (χ4n) is 4.38. The van der Waals surface area contributed by atoms with Crippen LogP contribution in [0.2, 0.25) is 0 Å². The van der Waals surface area contributed by atoms with E-state index in [0.29, 0.717) is 35.8 Å². The van der Waals surface area contributed by atoms with E-state index in [9.17, 15) is 10.1 Å². The Balaban J connectivity index is 0.00000113. The molecule has 2 aromatic rings. The Hall–Kier alpha value is -3.88. The molecule has 224 valence electrons. The van der Waals surface area contributed by atoms with Gasteiger partial charge in [0.05, 0.1) is 25.9 Å². The van der Waals surface area contributed by atoms with Gasteiger partial charge in [-0.1, -0.05) is 70.2 Å². The molecule has 1 fully saturated rings. The standard InChI is InChI=1S/C32H35NO4.C5H12/c1-7-8-30(26-10-12-31(27(18-26)20-33)37-28-13-15-36-16-14-28)23(4)21(2)17-22(3)29-11-9-25(24(5)34)19-32(29)35-6;1-4-5(2)3/h7-12,17-19,28H,1,13-16H2,2-6H3;5H,4H2,1-3H3/b22-17+,23-21+,30-8+;. The van der Waals surface area contributed by atoms with Crippen LogP contribution in [-0.2, 0) is 4.74 Å². The predicted octanol–water partition coefficient (Wildman–Crippen LogP) is 9.39. The number of benzene rings is 2. The summed E-state index contributed by atoms with van der Waals surface area (Å²) in [5.74, 6) is 2.15. The van der Waals surface area contributed by atoms with Gasteiger partial charge in [-0.3, -0.25) is 4.79 Å². The van der Waals surface area contributed by atoms with E-state index in [0.717, 1.165) is 52.2 Å². The number of ketones is 1. The highest BCUT2D eigenvalue weighted by molar-refractivity contribution is 5.95. The monoisotopic (exact) mass is 569 g/mol. The molecule has 0 aromatic heterocycles. The quantitative estimate of drug-likeness (QED) is 0.211. The lowest BCUT2D eigenvalue weighted by Gasteiger charge is -2.24. The first-order valence-electron chi connectivity index (χ1n) is 14.7. The Bertz CT molecular complexity index is 1360. The molecule has 0 atom stereocenters. The molecule has 5 nitrogen and oxygen atoms in total. The van der Waals surface area contributed by atoms with Crippen LogP contribution in [0.4, 0.5) is 0 Å². The van der Waals surface area contributed by atoms with Crippen LogP contribution in [-0.4, -0.2) is 32.2 Å². The number of ether oxygens (including phenoxy) is 3. The molecular weight excluding hydrogens is 522 g/mol. The van der Waals surface area contributed by atoms with Crippen molar-refractivity contribution in [2.45, 2.75) is 73.8 Å². The van der Waals surface area contributed by atoms with Crippen LogP contribution in [0.3, 0.4) is 0 Å². The van der Waals surface area contributed by atoms with Crippen LogP contribution >= 0.6 is 0 Å². The average Bonchev–Trinajstić information content (AvgIpc) is 3.00. The summed E-state index contributed by atoms with van der Waals surface area (Å²) in [5.41, 5.74) is 7.07. The molecule has 0 N–H and O–H groups in total. The lowest BCUT2D eigenvalue weighted by molar-refractivity contribution is 0.0254. The fourth-order valence-corrected chi connectivity index (χ4v) is 4.38. The van der Waals surface area contributed by atoms with Gasteiger partial charge in [-0.25, -0.2) is 0 Å². The molecule has 42 heavy (non-hydrogen) atoms. The molecule has 0 spiro atoms. The number of Topliss-reactive ketones (excluding diaryl/α,β-unsaturated/α-hetero) is 1. The summed E-state index contributed by atoms with van der Waals surface area (Å²) in [6.07, 6.45) is 8.83. The summed E-state index contributed by atoms with van der Waals surface area (Å²) in [5, 5.41) is 9.83. The fraction of sp³-hybridized carbons (Fsp3) is 0.405. The maximum atomic E-state index is 11.8. The molecule has 0 bridgehead atoms. The van der Waals surface area contributed by atoms with E-state index in [4.69, 9.17) is 14.2 Å². The minimum Gasteiger partial charge on any atom is -0.496 e. The third-order valence-corrected chi connectivity index (χ3v) is 7.44. The molecule has 1 saturated heterocycles. The van der Waals surface area contributed by atoms with Gasteiger partial charge in [0.2, 0.25) is 0 Å². The van der Waals surface area contributed by atoms with Crippen molar-refractivity contribution in [3.8, 4) is 17.6 Å². The molecule has 0 unspecified atom stereocenters. The van der Waals surface area contributed by atoms with Crippen molar-refractivity contribution >= 4 is 16.9 Å². The summed E-state index contributed by atoms with van der Waals surface area (Å²) >= 11 is 0. The summed E-state index contributed by atoms with van der Waals surface area (Å²) in [4.78, 5) is 11.8. The third kappa shape index (κ3) is 9.89. The number of carbonyl (C=O) groups is 1. The maximum Gasteiger partial charge on any atom is 0.159 e. The van der Waals surface area contributed by atoms with E-state index in [1.807, 2.05) is 43.3 Å². The first-order valence-corrected chi connectivity index (χ1v) is 14.7. The second-order valence-corrected chi connectivity index (χ2v) is 11.0. The minimum absolute atomic E-state index is 0.00137. The normalized spacial score (nSPS) is 14.8. The molecule has 3 rings (SSSR count). The number of hydrogen-bond acceptors (Lipinski definition) is 5. The van der Waals surface area contributed by atoms with Gasteiger partial charge in [0.15, 0.2) is 5.78 Å². The number of rotatable bonds is 10. The Morgan fingerprint density at radius 1 is 1.07 bits per heavy atom. The van der Waals surface area contributed by atoms with Crippen LogP contribution in [0.15, 0.2) is 72.4 Å². The summed E-state index contributed by atoms with van der Waals surface area (Å²) in [6.45, 7) is 19.6. The van der Waals surface area contributed by atoms with E-state index >= 15 is 0 Å². The Labute approximate surface area is 253 Å². The molecule has 1 heterocycles. The molecule has 1 aliphatic heterocycles. The number of hydrogen-bond donors (Lipinski definition) is 0. The van der Waals surface area contributed by atoms with Crippen LogP contribution in [0, 0.1) is 17.2 Å². The van der Waals surface area contributed by atoms with Crippen LogP contribution in [0.5, 0.6) is 11.5 Å². The van der Waals surface area contributed by atoms with Gasteiger partial charge < -0.3 is 14.2 Å². The lowest BCUT2D eigenvalue weighted by Crippen LogP contribution is -2.26. The summed E-state index contributed by atoms with van der Waals surface area (Å²) in [6, 6.07) is 13.6. The molecule has 0 radical (unpaired) electrons. The SMILES string of the molecule is C=C\C=C(/C(C)=C(C)/C=C(\C)c1ccc(C(C)=O)cc1OC)c1ccc(OC2CCOCC2)c(C#N)c1.CCC(C)C. The van der Waals surface area contributed by atoms with Crippen LogP contribution < -0.4 is 9.47 Å². The second kappa shape index (κ2) is 17.2. The highest BCUT2D eigenvalue weighted by atomic mass is 16.5. The molecular formula is C37H47NO4. The molecule has 0 amide bonds. The number of methoxy groups -OCH3 is 1. The van der Waals surface area contributed by atoms with Crippen molar-refractivity contribution in [2.24, 2.45) is 5.92 Å². The second-order valence-electron chi connectivity index (χ2n) is 11.0. The van der Waals surface area contributed by atoms with Gasteiger partial charge in [0.1, 0.15) is 23.7 Å². The van der Waals surface area contributed by atoms with E-state index in [1.165, 1.54) is 6.42 Å². The van der Waals surface area contributed by atoms with Gasteiger partial charge in [-0.15, -0.1) is 0 Å². The highest BCUT2D eigenvalue weighted by Gasteiger charge is 2.18. The molecule has 1 aliphatic rings. The molecule has 0 aliphatic carbocycles. The van der Waals surface area contributed by atoms with E-state index < -0.39 is 0 Å². The molecule has 2 aromatic carbocycles. The van der Waals surface area contributed by atoms with Crippen molar-refractivity contribution in [2.75, 3.05) is 20.3 Å². The zero-order valence-electron chi connectivity index (χ0n) is 26.7. The smallest absolute Gasteiger partial charge is 0.159 e. The van der Waals surface area contributed by atoms with Crippen molar-refractivity contribution in [1.82, 2.24) is 0 Å². The van der Waals surface area contributed by atoms with Crippen LogP contribution in [0.1, 0.15) is 94.8 Å². The lowest BCUT2D eigenvalue weighted by atomic mass is 9.92. The first kappa shape index (κ1) is 34.3. The van der Waals surface area contributed by atoms with Gasteiger partial charge in [0, 0.05) is 24.0 Å². The zero-order valence-corrected chi connectivity index (χ0v) is 26.7. The number of carbonyl (C=O) groups excluding carboxylic acids is 1. The summed E-state index contributed by atoms with van der Waals surface area (Å²) < 4.78 is 17.1. The first-order chi connectivity index (χ1) is 20.1. The summed E-state index contributed by atoms with van der Waals surface area (Å²) in [7, 11) is 1.61. The number of nitriles is 1. The van der Waals surface area contributed by atoms with E-state index in [-0.39, 0.29) is 11.9 Å². The topological polar surface area (TPSA) is 68.6 Å². The maximum absolute atomic E-state index is 11.8. The van der Waals surface area contributed by atoms with Crippen LogP contribution in [0.25, 0.3) is 11.1 Å². The number of allylic oxidation sites excluding steroid dienone is 7. The van der Waals surface area contributed by atoms with Gasteiger partial charge in [0.25, 0.3) is 0 Å². The van der Waals surface area contributed by atoms with Crippen molar-refractivity contribution in [1.29, 1.82) is 5.26 Å². The Kier molecular flexibility index (Phi) is 14.0. The van der Waals surface area contributed by atoms with Crippen molar-refractivity contribution < 1.29 is 19.0 Å². The highest BCUT2D eigenvalue weighted by Crippen LogP contribution is 2.33. The molecule has 5 heteroatoms. The minimum atomic E-state index is -0.00137. The number of nitrogens with zero attached hydrogens (tertiary/aromatic N) is 1. The zero-order chi connectivity index (χ0) is 31.2. The van der Waals surface area contributed by atoms with E-state index in [1.54, 1.807) is 26.2 Å².